The Balaban J connectivity index is 0.00000300. The predicted molar refractivity (Wildman–Crippen MR) is 123 cm³/mol. The van der Waals surface area contributed by atoms with E-state index < -0.39 is 0 Å². The Morgan fingerprint density at radius 2 is 1.59 bits per heavy atom. The van der Waals surface area contributed by atoms with Crippen LogP contribution in [0.4, 0.5) is 0 Å². The number of benzene rings is 3. The molecule has 154 valence electrons. The van der Waals surface area contributed by atoms with Crippen LogP contribution in [-0.4, -0.2) is 13.7 Å². The Morgan fingerprint density at radius 1 is 0.862 bits per heavy atom. The molecule has 0 aliphatic rings. The predicted octanol–water partition coefficient (Wildman–Crippen LogP) is 6.34. The number of halogens is 3. The average Bonchev–Trinajstić information content (AvgIpc) is 2.72. The first-order valence-corrected chi connectivity index (χ1v) is 9.89. The third kappa shape index (κ3) is 7.13. The van der Waals surface area contributed by atoms with E-state index in [1.807, 2.05) is 42.5 Å². The molecule has 0 atom stereocenters. The van der Waals surface area contributed by atoms with E-state index in [-0.39, 0.29) is 12.4 Å². The number of nitrogens with one attached hydrogen (secondary N) is 1. The van der Waals surface area contributed by atoms with Crippen molar-refractivity contribution in [1.29, 1.82) is 0 Å². The van der Waals surface area contributed by atoms with Gasteiger partial charge in [0.25, 0.3) is 0 Å². The summed E-state index contributed by atoms with van der Waals surface area (Å²) in [4.78, 5) is 0. The summed E-state index contributed by atoms with van der Waals surface area (Å²) in [5.41, 5.74) is 3.37. The zero-order valence-corrected chi connectivity index (χ0v) is 18.5. The van der Waals surface area contributed by atoms with Gasteiger partial charge in [0.1, 0.15) is 6.61 Å². The van der Waals surface area contributed by atoms with E-state index in [0.717, 1.165) is 24.1 Å². The molecule has 0 amide bonds. The quantitative estimate of drug-likeness (QED) is 0.384. The molecule has 0 aliphatic heterocycles. The summed E-state index contributed by atoms with van der Waals surface area (Å²) in [5.74, 6) is 1.17. The van der Waals surface area contributed by atoms with Crippen molar-refractivity contribution >= 4 is 35.6 Å². The second-order valence-corrected chi connectivity index (χ2v) is 7.28. The van der Waals surface area contributed by atoms with Gasteiger partial charge in [-0.2, -0.15) is 0 Å². The van der Waals surface area contributed by atoms with E-state index in [0.29, 0.717) is 34.7 Å². The van der Waals surface area contributed by atoms with Gasteiger partial charge in [0.2, 0.25) is 0 Å². The molecule has 3 nitrogen and oxygen atoms in total. The van der Waals surface area contributed by atoms with E-state index in [9.17, 15) is 0 Å². The Bertz CT molecular complexity index is 887. The van der Waals surface area contributed by atoms with Crippen LogP contribution in [0.3, 0.4) is 0 Å². The van der Waals surface area contributed by atoms with Crippen LogP contribution in [0, 0.1) is 0 Å². The third-order valence-corrected chi connectivity index (χ3v) is 4.88. The number of hydrogen-bond donors (Lipinski definition) is 1. The second-order valence-electron chi connectivity index (χ2n) is 6.44. The van der Waals surface area contributed by atoms with Gasteiger partial charge in [0, 0.05) is 11.6 Å². The number of ether oxygens (including phenoxy) is 2. The summed E-state index contributed by atoms with van der Waals surface area (Å²) in [6.45, 7) is 1.99. The van der Waals surface area contributed by atoms with Gasteiger partial charge >= 0.3 is 0 Å². The maximum Gasteiger partial charge on any atom is 0.180 e. The molecule has 0 unspecified atom stereocenters. The highest BCUT2D eigenvalue weighted by Crippen LogP contribution is 2.37. The van der Waals surface area contributed by atoms with Crippen LogP contribution in [0.15, 0.2) is 66.7 Å². The smallest absolute Gasteiger partial charge is 0.180 e. The minimum absolute atomic E-state index is 0. The first kappa shape index (κ1) is 23.4. The molecule has 0 spiro atoms. The molecule has 3 rings (SSSR count). The largest absolute Gasteiger partial charge is 0.493 e. The van der Waals surface area contributed by atoms with Crippen molar-refractivity contribution in [3.05, 3.63) is 93.5 Å². The van der Waals surface area contributed by atoms with Crippen molar-refractivity contribution in [3.63, 3.8) is 0 Å². The van der Waals surface area contributed by atoms with Crippen molar-refractivity contribution in [2.24, 2.45) is 0 Å². The molecular formula is C23H24Cl3NO2. The Morgan fingerprint density at radius 3 is 2.28 bits per heavy atom. The number of hydrogen-bond acceptors (Lipinski definition) is 3. The maximum atomic E-state index is 6.46. The lowest BCUT2D eigenvalue weighted by atomic mass is 10.1. The summed E-state index contributed by atoms with van der Waals surface area (Å²) < 4.78 is 11.4. The van der Waals surface area contributed by atoms with E-state index >= 15 is 0 Å². The fourth-order valence-corrected chi connectivity index (χ4v) is 3.28. The van der Waals surface area contributed by atoms with Crippen molar-refractivity contribution in [2.45, 2.75) is 19.6 Å². The summed E-state index contributed by atoms with van der Waals surface area (Å²) >= 11 is 12.4. The molecule has 0 saturated heterocycles. The molecule has 0 fully saturated rings. The molecule has 3 aromatic carbocycles. The number of rotatable bonds is 9. The lowest BCUT2D eigenvalue weighted by Gasteiger charge is -2.15. The Kier molecular flexibility index (Phi) is 9.62. The number of methoxy groups -OCH3 is 1. The van der Waals surface area contributed by atoms with E-state index in [1.54, 1.807) is 7.11 Å². The minimum Gasteiger partial charge on any atom is -0.493 e. The SMILES string of the molecule is COc1cc(CNCCc2ccccc2)cc(Cl)c1OCc1ccc(Cl)cc1.Cl. The van der Waals surface area contributed by atoms with Gasteiger partial charge < -0.3 is 14.8 Å². The monoisotopic (exact) mass is 451 g/mol. The van der Waals surface area contributed by atoms with Crippen LogP contribution >= 0.6 is 35.6 Å². The highest BCUT2D eigenvalue weighted by Gasteiger charge is 2.12. The van der Waals surface area contributed by atoms with Crippen LogP contribution in [0.2, 0.25) is 10.0 Å². The molecular weight excluding hydrogens is 429 g/mol. The molecule has 0 saturated carbocycles. The molecule has 0 heterocycles. The van der Waals surface area contributed by atoms with Gasteiger partial charge in [0.05, 0.1) is 12.1 Å². The zero-order valence-electron chi connectivity index (χ0n) is 16.2. The molecule has 29 heavy (non-hydrogen) atoms. The molecule has 0 aliphatic carbocycles. The lowest BCUT2D eigenvalue weighted by molar-refractivity contribution is 0.284. The summed E-state index contributed by atoms with van der Waals surface area (Å²) in [5, 5.41) is 4.68. The summed E-state index contributed by atoms with van der Waals surface area (Å²) in [7, 11) is 1.62. The molecule has 1 N–H and O–H groups in total. The lowest BCUT2D eigenvalue weighted by Crippen LogP contribution is -2.16. The van der Waals surface area contributed by atoms with Gasteiger partial charge in [-0.05, 0) is 53.9 Å². The van der Waals surface area contributed by atoms with Crippen LogP contribution in [0.5, 0.6) is 11.5 Å². The molecule has 6 heteroatoms. The van der Waals surface area contributed by atoms with Crippen LogP contribution < -0.4 is 14.8 Å². The van der Waals surface area contributed by atoms with Crippen LogP contribution in [-0.2, 0) is 19.6 Å². The first-order chi connectivity index (χ1) is 13.7. The summed E-state index contributed by atoms with van der Waals surface area (Å²) in [6, 6.07) is 21.8. The maximum absolute atomic E-state index is 6.46. The zero-order chi connectivity index (χ0) is 19.8. The highest BCUT2D eigenvalue weighted by molar-refractivity contribution is 6.32. The summed E-state index contributed by atoms with van der Waals surface area (Å²) in [6.07, 6.45) is 0.980. The van der Waals surface area contributed by atoms with Gasteiger partial charge in [-0.25, -0.2) is 0 Å². The fraction of sp³-hybridized carbons (Fsp3) is 0.217. The topological polar surface area (TPSA) is 30.5 Å². The molecule has 0 radical (unpaired) electrons. The molecule has 0 aromatic heterocycles. The van der Waals surface area contributed by atoms with Gasteiger partial charge in [0.15, 0.2) is 11.5 Å². The minimum atomic E-state index is 0. The average molecular weight is 453 g/mol. The Labute approximate surface area is 188 Å². The standard InChI is InChI=1S/C23H23Cl2NO2.ClH/c1-27-22-14-19(15-26-12-11-17-5-3-2-4-6-17)13-21(25)23(22)28-16-18-7-9-20(24)10-8-18;/h2-10,13-14,26H,11-12,15-16H2,1H3;1H. The van der Waals surface area contributed by atoms with Crippen molar-refractivity contribution < 1.29 is 9.47 Å². The second kappa shape index (κ2) is 11.9. The van der Waals surface area contributed by atoms with Gasteiger partial charge in [-0.3, -0.25) is 0 Å². The van der Waals surface area contributed by atoms with Gasteiger partial charge in [-0.15, -0.1) is 12.4 Å². The normalized spacial score (nSPS) is 10.3. The van der Waals surface area contributed by atoms with E-state index in [2.05, 4.69) is 29.6 Å². The molecule has 3 aromatic rings. The third-order valence-electron chi connectivity index (χ3n) is 4.35. The van der Waals surface area contributed by atoms with E-state index in [1.165, 1.54) is 5.56 Å². The van der Waals surface area contributed by atoms with Crippen LogP contribution in [0.25, 0.3) is 0 Å². The van der Waals surface area contributed by atoms with E-state index in [4.69, 9.17) is 32.7 Å². The van der Waals surface area contributed by atoms with Crippen molar-refractivity contribution in [2.75, 3.05) is 13.7 Å². The Hall–Kier alpha value is -1.91. The first-order valence-electron chi connectivity index (χ1n) is 9.14. The van der Waals surface area contributed by atoms with Gasteiger partial charge in [-0.1, -0.05) is 65.7 Å². The molecule has 0 bridgehead atoms. The fourth-order valence-electron chi connectivity index (χ4n) is 2.86. The highest BCUT2D eigenvalue weighted by atomic mass is 35.5. The van der Waals surface area contributed by atoms with Crippen molar-refractivity contribution in [3.8, 4) is 11.5 Å². The van der Waals surface area contributed by atoms with Crippen molar-refractivity contribution in [1.82, 2.24) is 5.32 Å². The van der Waals surface area contributed by atoms with Crippen LogP contribution in [0.1, 0.15) is 16.7 Å².